The molecule has 0 aliphatic carbocycles. The second-order valence-electron chi connectivity index (χ2n) is 6.79. The predicted molar refractivity (Wildman–Crippen MR) is 124 cm³/mol. The Morgan fingerprint density at radius 3 is 2.78 bits per heavy atom. The third kappa shape index (κ3) is 5.80. The fraction of sp³-hybridized carbons (Fsp3) is 0.182. The molecule has 4 aromatic rings. The van der Waals surface area contributed by atoms with Crippen molar-refractivity contribution >= 4 is 34.0 Å². The first kappa shape index (κ1) is 22.2. The van der Waals surface area contributed by atoms with Gasteiger partial charge in [0.05, 0.1) is 24.1 Å². The third-order valence-electron chi connectivity index (χ3n) is 4.30. The largest absolute Gasteiger partial charge is 0.452 e. The molecule has 0 aliphatic heterocycles. The predicted octanol–water partition coefficient (Wildman–Crippen LogP) is 4.22. The summed E-state index contributed by atoms with van der Waals surface area (Å²) in [5.41, 5.74) is 1.45. The van der Waals surface area contributed by atoms with Gasteiger partial charge in [0.15, 0.2) is 16.7 Å². The van der Waals surface area contributed by atoms with Gasteiger partial charge in [0, 0.05) is 41.4 Å². The summed E-state index contributed by atoms with van der Waals surface area (Å²) in [6.07, 6.45) is 4.65. The first-order valence-corrected chi connectivity index (χ1v) is 11.5. The van der Waals surface area contributed by atoms with E-state index in [1.165, 1.54) is 23.1 Å². The van der Waals surface area contributed by atoms with Crippen LogP contribution in [0.2, 0.25) is 0 Å². The molecule has 8 nitrogen and oxygen atoms in total. The number of hydrogen-bond donors (Lipinski definition) is 3. The summed E-state index contributed by atoms with van der Waals surface area (Å²) in [6.45, 7) is 1.57. The zero-order valence-electron chi connectivity index (χ0n) is 17.2. The fourth-order valence-electron chi connectivity index (χ4n) is 2.74. The molecule has 0 aromatic carbocycles. The lowest BCUT2D eigenvalue weighted by atomic mass is 10.2. The Morgan fingerprint density at radius 1 is 1.12 bits per heavy atom. The minimum absolute atomic E-state index is 0.278. The Morgan fingerprint density at radius 2 is 2.00 bits per heavy atom. The second-order valence-corrected chi connectivity index (χ2v) is 8.74. The highest BCUT2D eigenvalue weighted by molar-refractivity contribution is 7.99. The molecular formula is C22H21N5O3S2. The minimum Gasteiger partial charge on any atom is -0.452 e. The van der Waals surface area contributed by atoms with Crippen molar-refractivity contribution in [2.75, 3.05) is 11.9 Å². The summed E-state index contributed by atoms with van der Waals surface area (Å²) in [4.78, 5) is 18.5. The van der Waals surface area contributed by atoms with Crippen LogP contribution in [-0.2, 0) is 6.42 Å². The summed E-state index contributed by atoms with van der Waals surface area (Å²) in [7, 11) is 0. The lowest BCUT2D eigenvalue weighted by Gasteiger charge is -2.13. The van der Waals surface area contributed by atoms with Crippen LogP contribution >= 0.6 is 23.1 Å². The van der Waals surface area contributed by atoms with E-state index in [0.29, 0.717) is 28.1 Å². The smallest absolute Gasteiger partial charge is 0.188 e. The van der Waals surface area contributed by atoms with Crippen LogP contribution in [0.15, 0.2) is 70.3 Å². The van der Waals surface area contributed by atoms with Crippen molar-refractivity contribution in [3.05, 3.63) is 71.8 Å². The Kier molecular flexibility index (Phi) is 7.28. The highest BCUT2D eigenvalue weighted by Gasteiger charge is 2.14. The molecule has 32 heavy (non-hydrogen) atoms. The van der Waals surface area contributed by atoms with Crippen molar-refractivity contribution in [3.63, 3.8) is 0 Å². The van der Waals surface area contributed by atoms with E-state index >= 15 is 0 Å². The third-order valence-corrected chi connectivity index (χ3v) is 6.01. The van der Waals surface area contributed by atoms with Crippen LogP contribution in [-0.4, -0.2) is 42.9 Å². The highest BCUT2D eigenvalue weighted by Crippen LogP contribution is 2.36. The van der Waals surface area contributed by atoms with E-state index in [1.54, 1.807) is 18.6 Å². The molecule has 164 valence electrons. The topological polar surface area (TPSA) is 113 Å². The van der Waals surface area contributed by atoms with Gasteiger partial charge >= 0.3 is 0 Å². The fourth-order valence-corrected chi connectivity index (χ4v) is 4.24. The van der Waals surface area contributed by atoms with Crippen LogP contribution < -0.4 is 10.1 Å². The molecule has 0 spiro atoms. The Hall–Kier alpha value is -3.05. The van der Waals surface area contributed by atoms with Crippen molar-refractivity contribution in [2.24, 2.45) is 0 Å². The number of pyridine rings is 3. The molecule has 0 radical (unpaired) electrons. The van der Waals surface area contributed by atoms with Crippen LogP contribution in [0, 0.1) is 6.92 Å². The summed E-state index contributed by atoms with van der Waals surface area (Å²) in [6, 6.07) is 11.3. The van der Waals surface area contributed by atoms with E-state index < -0.39 is 6.10 Å². The van der Waals surface area contributed by atoms with E-state index in [1.807, 2.05) is 48.7 Å². The molecule has 4 rings (SSSR count). The molecule has 4 aromatic heterocycles. The number of rotatable bonds is 9. The zero-order valence-corrected chi connectivity index (χ0v) is 18.8. The molecular weight excluding hydrogens is 446 g/mol. The van der Waals surface area contributed by atoms with Crippen LogP contribution in [0.25, 0.3) is 0 Å². The maximum absolute atomic E-state index is 9.64. The highest BCUT2D eigenvalue weighted by atomic mass is 32.2. The van der Waals surface area contributed by atoms with Gasteiger partial charge in [-0.15, -0.1) is 11.3 Å². The van der Waals surface area contributed by atoms with Crippen molar-refractivity contribution in [1.29, 1.82) is 0 Å². The quantitative estimate of drug-likeness (QED) is 0.333. The molecule has 0 amide bonds. The van der Waals surface area contributed by atoms with E-state index in [2.05, 4.69) is 25.3 Å². The van der Waals surface area contributed by atoms with Gasteiger partial charge < -0.3 is 20.3 Å². The van der Waals surface area contributed by atoms with Gasteiger partial charge in [-0.05, 0) is 31.2 Å². The molecule has 0 bridgehead atoms. The number of aliphatic hydroxyl groups excluding tert-OH is 2. The van der Waals surface area contributed by atoms with Crippen molar-refractivity contribution in [1.82, 2.24) is 19.9 Å². The lowest BCUT2D eigenvalue weighted by molar-refractivity contribution is 0.0949. The molecule has 0 saturated carbocycles. The SMILES string of the molecule is Cc1ncccc1Oc1cc(Sc2ccccn2)cnc1Nc1nc(CC(O)CO)cs1. The normalized spacial score (nSPS) is 11.8. The maximum atomic E-state index is 9.64. The molecule has 0 fully saturated rings. The number of thiazole rings is 1. The van der Waals surface area contributed by atoms with E-state index in [4.69, 9.17) is 9.84 Å². The summed E-state index contributed by atoms with van der Waals surface area (Å²) < 4.78 is 6.16. The Balaban J connectivity index is 1.61. The maximum Gasteiger partial charge on any atom is 0.188 e. The number of nitrogens with one attached hydrogen (secondary N) is 1. The van der Waals surface area contributed by atoms with E-state index in [0.717, 1.165) is 15.6 Å². The van der Waals surface area contributed by atoms with Crippen LogP contribution in [0.4, 0.5) is 10.9 Å². The van der Waals surface area contributed by atoms with Crippen molar-refractivity contribution < 1.29 is 14.9 Å². The molecule has 3 N–H and O–H groups in total. The molecule has 0 aliphatic rings. The minimum atomic E-state index is -0.835. The van der Waals surface area contributed by atoms with E-state index in [-0.39, 0.29) is 13.0 Å². The number of aryl methyl sites for hydroxylation is 1. The first-order chi connectivity index (χ1) is 15.6. The van der Waals surface area contributed by atoms with Gasteiger partial charge in [-0.25, -0.2) is 15.0 Å². The average molecular weight is 468 g/mol. The standard InChI is InChI=1S/C22H21N5O3S2/c1-14-18(5-4-8-23-14)30-19-10-17(32-20-6-2-3-7-24-20)11-25-21(19)27-22-26-15(13-31-22)9-16(29)12-28/h2-8,10-11,13,16,28-29H,9,12H2,1H3,(H,25,26,27). The van der Waals surface area contributed by atoms with Crippen molar-refractivity contribution in [3.8, 4) is 11.5 Å². The lowest BCUT2D eigenvalue weighted by Crippen LogP contribution is -2.15. The molecule has 4 heterocycles. The van der Waals surface area contributed by atoms with Gasteiger partial charge in [-0.2, -0.15) is 0 Å². The number of anilines is 2. The van der Waals surface area contributed by atoms with Crippen LogP contribution in [0.3, 0.4) is 0 Å². The first-order valence-electron chi connectivity index (χ1n) is 9.79. The van der Waals surface area contributed by atoms with Crippen LogP contribution in [0.1, 0.15) is 11.4 Å². The Bertz CT molecular complexity index is 1170. The number of hydrogen-bond acceptors (Lipinski definition) is 10. The van der Waals surface area contributed by atoms with Gasteiger partial charge in [0.2, 0.25) is 0 Å². The molecule has 1 unspecified atom stereocenters. The summed E-state index contributed by atoms with van der Waals surface area (Å²) >= 11 is 2.87. The van der Waals surface area contributed by atoms with Gasteiger partial charge in [0.25, 0.3) is 0 Å². The Labute approximate surface area is 193 Å². The number of aromatic nitrogens is 4. The summed E-state index contributed by atoms with van der Waals surface area (Å²) in [5, 5.41) is 25.2. The summed E-state index contributed by atoms with van der Waals surface area (Å²) in [5.74, 6) is 1.65. The monoisotopic (exact) mass is 467 g/mol. The van der Waals surface area contributed by atoms with Gasteiger partial charge in [0.1, 0.15) is 10.8 Å². The number of nitrogens with zero attached hydrogens (tertiary/aromatic N) is 4. The number of aliphatic hydroxyl groups is 2. The average Bonchev–Trinajstić information content (AvgIpc) is 3.24. The molecule has 1 atom stereocenters. The zero-order chi connectivity index (χ0) is 22.3. The number of ether oxygens (including phenoxy) is 1. The van der Waals surface area contributed by atoms with Crippen molar-refractivity contribution in [2.45, 2.75) is 29.4 Å². The van der Waals surface area contributed by atoms with Crippen LogP contribution in [0.5, 0.6) is 11.5 Å². The van der Waals surface area contributed by atoms with Gasteiger partial charge in [-0.3, -0.25) is 4.98 Å². The molecule has 0 saturated heterocycles. The molecule has 10 heteroatoms. The van der Waals surface area contributed by atoms with E-state index in [9.17, 15) is 5.11 Å². The van der Waals surface area contributed by atoms with Gasteiger partial charge in [-0.1, -0.05) is 17.8 Å². The second kappa shape index (κ2) is 10.5.